The van der Waals surface area contributed by atoms with Crippen molar-refractivity contribution in [3.05, 3.63) is 53.5 Å². The molecular weight excluding hydrogens is 476 g/mol. The van der Waals surface area contributed by atoms with Crippen LogP contribution in [0.15, 0.2) is 30.6 Å². The number of aromatic amines is 1. The van der Waals surface area contributed by atoms with Gasteiger partial charge in [0.2, 0.25) is 5.82 Å². The summed E-state index contributed by atoms with van der Waals surface area (Å²) in [5.41, 5.74) is 2.49. The molecule has 2 aliphatic rings. The van der Waals surface area contributed by atoms with E-state index in [4.69, 9.17) is 9.47 Å². The number of nitrogens with zero attached hydrogens (tertiary/aromatic N) is 2. The summed E-state index contributed by atoms with van der Waals surface area (Å²) in [5, 5.41) is 15.1. The summed E-state index contributed by atoms with van der Waals surface area (Å²) in [4.78, 5) is 32.8. The lowest BCUT2D eigenvalue weighted by Gasteiger charge is -2.38. The summed E-state index contributed by atoms with van der Waals surface area (Å²) in [5.74, 6) is -2.52. The molecule has 2 aliphatic heterocycles. The van der Waals surface area contributed by atoms with E-state index >= 15 is 0 Å². The molecule has 1 atom stereocenters. The quantitative estimate of drug-likeness (QED) is 0.392. The van der Waals surface area contributed by atoms with Crippen molar-refractivity contribution < 1.29 is 33.0 Å². The molecule has 0 unspecified atom stereocenters. The second kappa shape index (κ2) is 9.36. The molecule has 4 heterocycles. The largest absolute Gasteiger partial charge is 0.491 e. The Bertz CT molecular complexity index is 1340. The molecule has 0 spiro atoms. The maximum Gasteiger partial charge on any atom is 0.407 e. The number of benzene rings is 1. The SMILES string of the molecule is COc1c(Nc2c(-c3ccncc3OC[C@H]3CCN3C(=O)O)[nH]c3c2C(=O)NCC3)ccc(F)c1F. The van der Waals surface area contributed by atoms with Gasteiger partial charge >= 0.3 is 6.09 Å². The maximum absolute atomic E-state index is 14.4. The zero-order valence-corrected chi connectivity index (χ0v) is 19.2. The molecule has 0 radical (unpaired) electrons. The fraction of sp³-hybridized carbons (Fsp3) is 0.292. The number of rotatable bonds is 7. The Morgan fingerprint density at radius 1 is 1.33 bits per heavy atom. The Balaban J connectivity index is 1.55. The van der Waals surface area contributed by atoms with Gasteiger partial charge in [0.25, 0.3) is 5.91 Å². The number of H-pyrrole nitrogens is 1. The van der Waals surface area contributed by atoms with Gasteiger partial charge in [0.05, 0.1) is 42.0 Å². The molecule has 188 valence electrons. The van der Waals surface area contributed by atoms with E-state index in [9.17, 15) is 23.5 Å². The Hall–Kier alpha value is -4.35. The Labute approximate surface area is 204 Å². The Morgan fingerprint density at radius 3 is 2.89 bits per heavy atom. The van der Waals surface area contributed by atoms with Gasteiger partial charge in [-0.3, -0.25) is 9.78 Å². The molecule has 1 aromatic carbocycles. The number of carbonyl (C=O) groups is 2. The number of nitrogens with one attached hydrogen (secondary N) is 3. The molecule has 4 N–H and O–H groups in total. The van der Waals surface area contributed by atoms with Crippen molar-refractivity contribution >= 4 is 23.4 Å². The first-order valence-electron chi connectivity index (χ1n) is 11.3. The number of methoxy groups -OCH3 is 1. The van der Waals surface area contributed by atoms with Crippen LogP contribution < -0.4 is 20.1 Å². The average Bonchev–Trinajstić information content (AvgIpc) is 3.20. The van der Waals surface area contributed by atoms with Crippen LogP contribution in [-0.2, 0) is 6.42 Å². The van der Waals surface area contributed by atoms with Gasteiger partial charge in [-0.2, -0.15) is 4.39 Å². The molecular formula is C24H23F2N5O5. The van der Waals surface area contributed by atoms with E-state index in [1.807, 2.05) is 0 Å². The van der Waals surface area contributed by atoms with Crippen molar-refractivity contribution in [3.8, 4) is 22.8 Å². The van der Waals surface area contributed by atoms with E-state index in [-0.39, 0.29) is 30.0 Å². The molecule has 10 nitrogen and oxygen atoms in total. The number of ether oxygens (including phenoxy) is 2. The van der Waals surface area contributed by atoms with Crippen molar-refractivity contribution in [2.75, 3.05) is 32.1 Å². The second-order valence-corrected chi connectivity index (χ2v) is 8.40. The minimum atomic E-state index is -1.16. The van der Waals surface area contributed by atoms with Crippen LogP contribution in [0, 0.1) is 11.6 Å². The highest BCUT2D eigenvalue weighted by Gasteiger charge is 2.33. The van der Waals surface area contributed by atoms with Crippen LogP contribution in [0.4, 0.5) is 25.0 Å². The lowest BCUT2D eigenvalue weighted by Crippen LogP contribution is -2.53. The highest BCUT2D eigenvalue weighted by molar-refractivity contribution is 6.06. The fourth-order valence-corrected chi connectivity index (χ4v) is 4.42. The van der Waals surface area contributed by atoms with Crippen LogP contribution >= 0.6 is 0 Å². The highest BCUT2D eigenvalue weighted by atomic mass is 19.2. The zero-order chi connectivity index (χ0) is 25.4. The van der Waals surface area contributed by atoms with Gasteiger partial charge < -0.3 is 35.1 Å². The standard InChI is InChI=1S/C24H23F2N5O5/c1-35-22-16(3-2-14(25)19(22)26)30-21-18-15(5-8-28-23(18)32)29-20(21)13-4-7-27-10-17(13)36-11-12-6-9-31(12)24(33)34/h2-4,7,10,12,29-30H,5-6,8-9,11H2,1H3,(H,28,32)(H,33,34)/t12-/m1/s1. The number of carboxylic acid groups (broad SMARTS) is 1. The van der Waals surface area contributed by atoms with Crippen LogP contribution in [0.1, 0.15) is 22.5 Å². The number of likely N-dealkylation sites (tertiary alicyclic amines) is 1. The monoisotopic (exact) mass is 499 g/mol. The number of amides is 2. The summed E-state index contributed by atoms with van der Waals surface area (Å²) in [6, 6.07) is 3.70. The Morgan fingerprint density at radius 2 is 2.17 bits per heavy atom. The molecule has 0 bridgehead atoms. The molecule has 0 saturated carbocycles. The van der Waals surface area contributed by atoms with Gasteiger partial charge in [-0.15, -0.1) is 0 Å². The highest BCUT2D eigenvalue weighted by Crippen LogP contribution is 2.42. The number of hydrogen-bond acceptors (Lipinski definition) is 6. The minimum absolute atomic E-state index is 0.126. The van der Waals surface area contributed by atoms with E-state index < -0.39 is 17.7 Å². The molecule has 5 rings (SSSR count). The van der Waals surface area contributed by atoms with Gasteiger partial charge in [0.15, 0.2) is 11.6 Å². The first kappa shape index (κ1) is 23.4. The number of pyridine rings is 1. The van der Waals surface area contributed by atoms with Crippen molar-refractivity contribution in [1.82, 2.24) is 20.2 Å². The van der Waals surface area contributed by atoms with E-state index in [2.05, 4.69) is 20.6 Å². The average molecular weight is 499 g/mol. The summed E-state index contributed by atoms with van der Waals surface area (Å²) in [6.45, 7) is 1.02. The number of anilines is 2. The Kier molecular flexibility index (Phi) is 6.08. The molecule has 3 aromatic rings. The third-order valence-corrected chi connectivity index (χ3v) is 6.35. The molecule has 2 amide bonds. The predicted octanol–water partition coefficient (Wildman–Crippen LogP) is 3.52. The van der Waals surface area contributed by atoms with Gasteiger partial charge in [-0.05, 0) is 24.6 Å². The van der Waals surface area contributed by atoms with Gasteiger partial charge in [0.1, 0.15) is 12.4 Å². The summed E-state index contributed by atoms with van der Waals surface area (Å²) in [6.07, 6.45) is 3.26. The third kappa shape index (κ3) is 4.04. The normalized spacial score (nSPS) is 16.6. The van der Waals surface area contributed by atoms with Crippen molar-refractivity contribution in [1.29, 1.82) is 0 Å². The van der Waals surface area contributed by atoms with Gasteiger partial charge in [0, 0.05) is 37.0 Å². The molecule has 2 aromatic heterocycles. The van der Waals surface area contributed by atoms with Crippen LogP contribution in [0.25, 0.3) is 11.3 Å². The van der Waals surface area contributed by atoms with Crippen molar-refractivity contribution in [2.24, 2.45) is 0 Å². The molecule has 1 fully saturated rings. The lowest BCUT2D eigenvalue weighted by molar-refractivity contribution is 0.0500. The number of hydrogen-bond donors (Lipinski definition) is 4. The summed E-state index contributed by atoms with van der Waals surface area (Å²) >= 11 is 0. The van der Waals surface area contributed by atoms with Crippen LogP contribution in [0.2, 0.25) is 0 Å². The molecule has 12 heteroatoms. The van der Waals surface area contributed by atoms with E-state index in [1.165, 1.54) is 24.3 Å². The number of halogens is 2. The number of fused-ring (bicyclic) bond motifs is 1. The summed E-state index contributed by atoms with van der Waals surface area (Å²) < 4.78 is 39.3. The topological polar surface area (TPSA) is 129 Å². The third-order valence-electron chi connectivity index (χ3n) is 6.35. The first-order valence-corrected chi connectivity index (χ1v) is 11.3. The van der Waals surface area contributed by atoms with Crippen LogP contribution in [0.3, 0.4) is 0 Å². The van der Waals surface area contributed by atoms with E-state index in [0.29, 0.717) is 59.9 Å². The molecule has 36 heavy (non-hydrogen) atoms. The van der Waals surface area contributed by atoms with Gasteiger partial charge in [-0.1, -0.05) is 0 Å². The minimum Gasteiger partial charge on any atom is -0.491 e. The maximum atomic E-state index is 14.4. The first-order chi connectivity index (χ1) is 17.4. The summed E-state index contributed by atoms with van der Waals surface area (Å²) in [7, 11) is 1.22. The fourth-order valence-electron chi connectivity index (χ4n) is 4.42. The van der Waals surface area contributed by atoms with E-state index in [0.717, 1.165) is 6.07 Å². The number of carbonyl (C=O) groups excluding carboxylic acids is 1. The lowest BCUT2D eigenvalue weighted by atomic mass is 10.0. The molecule has 0 aliphatic carbocycles. The van der Waals surface area contributed by atoms with Gasteiger partial charge in [-0.25, -0.2) is 9.18 Å². The van der Waals surface area contributed by atoms with Crippen molar-refractivity contribution in [3.63, 3.8) is 0 Å². The van der Waals surface area contributed by atoms with E-state index in [1.54, 1.807) is 12.3 Å². The second-order valence-electron chi connectivity index (χ2n) is 8.40. The van der Waals surface area contributed by atoms with Crippen LogP contribution in [-0.4, -0.2) is 64.8 Å². The smallest absolute Gasteiger partial charge is 0.407 e. The predicted molar refractivity (Wildman–Crippen MR) is 125 cm³/mol. The van der Waals surface area contributed by atoms with Crippen molar-refractivity contribution in [2.45, 2.75) is 18.9 Å². The molecule has 1 saturated heterocycles. The number of aromatic nitrogens is 2. The zero-order valence-electron chi connectivity index (χ0n) is 19.2. The van der Waals surface area contributed by atoms with Crippen LogP contribution in [0.5, 0.6) is 11.5 Å².